The second-order valence-corrected chi connectivity index (χ2v) is 9.13. The number of nitrogens with zero attached hydrogens (tertiary/aromatic N) is 3. The van der Waals surface area contributed by atoms with E-state index < -0.39 is 10.0 Å². The molecular formula is C22H23N3O3S. The maximum Gasteiger partial charge on any atom is 0.250 e. The van der Waals surface area contributed by atoms with Gasteiger partial charge in [0.2, 0.25) is 15.8 Å². The lowest BCUT2D eigenvalue weighted by molar-refractivity contribution is 0.346. The molecule has 2 heterocycles. The van der Waals surface area contributed by atoms with Crippen molar-refractivity contribution in [3.8, 4) is 11.4 Å². The van der Waals surface area contributed by atoms with E-state index in [4.69, 9.17) is 4.52 Å². The van der Waals surface area contributed by atoms with Crippen molar-refractivity contribution in [3.63, 3.8) is 0 Å². The first-order valence-corrected chi connectivity index (χ1v) is 11.2. The minimum Gasteiger partial charge on any atom is -0.334 e. The lowest BCUT2D eigenvalue weighted by Crippen LogP contribution is -2.35. The van der Waals surface area contributed by atoms with Crippen LogP contribution in [-0.2, 0) is 10.0 Å². The second kappa shape index (κ2) is 8.31. The zero-order chi connectivity index (χ0) is 20.3. The van der Waals surface area contributed by atoms with E-state index in [-0.39, 0.29) is 0 Å². The molecule has 1 aliphatic rings. The van der Waals surface area contributed by atoms with Gasteiger partial charge >= 0.3 is 0 Å². The fourth-order valence-electron chi connectivity index (χ4n) is 3.30. The first-order valence-electron chi connectivity index (χ1n) is 9.71. The molecule has 1 aromatic heterocycles. The predicted molar refractivity (Wildman–Crippen MR) is 112 cm³/mol. The number of hydrogen-bond acceptors (Lipinski definition) is 5. The van der Waals surface area contributed by atoms with Gasteiger partial charge in [0.15, 0.2) is 0 Å². The van der Waals surface area contributed by atoms with Crippen LogP contribution in [0.1, 0.15) is 36.3 Å². The number of aromatic nitrogens is 2. The minimum atomic E-state index is -3.44. The summed E-state index contributed by atoms with van der Waals surface area (Å²) in [5.74, 6) is 0.820. The molecule has 0 N–H and O–H groups in total. The highest BCUT2D eigenvalue weighted by Crippen LogP contribution is 2.23. The Morgan fingerprint density at radius 2 is 1.62 bits per heavy atom. The summed E-state index contributed by atoms with van der Waals surface area (Å²) in [7, 11) is -3.44. The highest BCUT2D eigenvalue weighted by Gasteiger charge is 2.25. The third-order valence-corrected chi connectivity index (χ3v) is 6.92. The van der Waals surface area contributed by atoms with Crippen molar-refractivity contribution >= 4 is 22.2 Å². The highest BCUT2D eigenvalue weighted by atomic mass is 32.2. The van der Waals surface area contributed by atoms with Crippen LogP contribution in [-0.4, -0.2) is 36.0 Å². The van der Waals surface area contributed by atoms with E-state index in [2.05, 4.69) is 10.1 Å². The molecule has 0 aliphatic carbocycles. The van der Waals surface area contributed by atoms with Gasteiger partial charge in [-0.3, -0.25) is 0 Å². The molecule has 0 saturated carbocycles. The molecule has 6 nitrogen and oxygen atoms in total. The van der Waals surface area contributed by atoms with Gasteiger partial charge in [0.05, 0.1) is 4.90 Å². The molecule has 0 amide bonds. The fraction of sp³-hybridized carbons (Fsp3) is 0.273. The van der Waals surface area contributed by atoms with E-state index >= 15 is 0 Å². The summed E-state index contributed by atoms with van der Waals surface area (Å²) < 4.78 is 32.3. The molecular weight excluding hydrogens is 386 g/mol. The van der Waals surface area contributed by atoms with E-state index in [0.29, 0.717) is 35.3 Å². The van der Waals surface area contributed by atoms with Crippen molar-refractivity contribution in [1.82, 2.24) is 14.4 Å². The second-order valence-electron chi connectivity index (χ2n) is 7.19. The molecule has 0 unspecified atom stereocenters. The summed E-state index contributed by atoms with van der Waals surface area (Å²) in [4.78, 5) is 4.67. The van der Waals surface area contributed by atoms with Crippen molar-refractivity contribution in [2.45, 2.75) is 31.1 Å². The van der Waals surface area contributed by atoms with Crippen molar-refractivity contribution in [3.05, 3.63) is 65.5 Å². The molecule has 0 atom stereocenters. The number of piperidine rings is 1. The largest absolute Gasteiger partial charge is 0.334 e. The Bertz CT molecular complexity index is 1090. The van der Waals surface area contributed by atoms with Crippen LogP contribution in [0.3, 0.4) is 0 Å². The van der Waals surface area contributed by atoms with Gasteiger partial charge < -0.3 is 4.52 Å². The van der Waals surface area contributed by atoms with Gasteiger partial charge in [-0.05, 0) is 55.7 Å². The average molecular weight is 410 g/mol. The van der Waals surface area contributed by atoms with Crippen molar-refractivity contribution < 1.29 is 12.9 Å². The maximum absolute atomic E-state index is 12.7. The van der Waals surface area contributed by atoms with Crippen LogP contribution in [0.5, 0.6) is 0 Å². The van der Waals surface area contributed by atoms with E-state index in [0.717, 1.165) is 24.8 Å². The summed E-state index contributed by atoms with van der Waals surface area (Å²) in [6.07, 6.45) is 6.59. The molecule has 150 valence electrons. The van der Waals surface area contributed by atoms with Gasteiger partial charge in [0.1, 0.15) is 0 Å². The molecule has 1 saturated heterocycles. The van der Waals surface area contributed by atoms with E-state index in [9.17, 15) is 8.42 Å². The van der Waals surface area contributed by atoms with Crippen molar-refractivity contribution in [1.29, 1.82) is 0 Å². The van der Waals surface area contributed by atoms with Gasteiger partial charge in [-0.1, -0.05) is 41.4 Å². The third-order valence-electron chi connectivity index (χ3n) is 5.00. The molecule has 1 aliphatic heterocycles. The lowest BCUT2D eigenvalue weighted by Gasteiger charge is -2.25. The Morgan fingerprint density at radius 3 is 2.31 bits per heavy atom. The van der Waals surface area contributed by atoms with E-state index in [1.54, 1.807) is 34.6 Å². The first-order chi connectivity index (χ1) is 14.0. The summed E-state index contributed by atoms with van der Waals surface area (Å²) in [6, 6.07) is 14.8. The molecule has 0 bridgehead atoms. The summed E-state index contributed by atoms with van der Waals surface area (Å²) in [6.45, 7) is 3.22. The van der Waals surface area contributed by atoms with Gasteiger partial charge in [-0.15, -0.1) is 0 Å². The molecule has 2 aromatic carbocycles. The highest BCUT2D eigenvalue weighted by molar-refractivity contribution is 7.89. The van der Waals surface area contributed by atoms with Crippen LogP contribution in [0.25, 0.3) is 23.5 Å². The van der Waals surface area contributed by atoms with Crippen LogP contribution in [0, 0.1) is 6.92 Å². The Hall–Kier alpha value is -2.77. The molecule has 3 aromatic rings. The van der Waals surface area contributed by atoms with Crippen molar-refractivity contribution in [2.75, 3.05) is 13.1 Å². The monoisotopic (exact) mass is 409 g/mol. The van der Waals surface area contributed by atoms with E-state index in [1.165, 1.54) is 5.56 Å². The van der Waals surface area contributed by atoms with Crippen LogP contribution >= 0.6 is 0 Å². The summed E-state index contributed by atoms with van der Waals surface area (Å²) in [5, 5.41) is 4.00. The number of benzene rings is 2. The van der Waals surface area contributed by atoms with E-state index in [1.807, 2.05) is 37.3 Å². The number of sulfonamides is 1. The number of rotatable bonds is 5. The molecule has 29 heavy (non-hydrogen) atoms. The molecule has 4 rings (SSSR count). The van der Waals surface area contributed by atoms with Gasteiger partial charge in [-0.2, -0.15) is 9.29 Å². The fourth-order valence-corrected chi connectivity index (χ4v) is 4.81. The maximum atomic E-state index is 12.7. The Balaban J connectivity index is 1.49. The summed E-state index contributed by atoms with van der Waals surface area (Å²) >= 11 is 0. The Kier molecular flexibility index (Phi) is 5.60. The minimum absolute atomic E-state index is 0.297. The number of aryl methyl sites for hydroxylation is 1. The SMILES string of the molecule is Cc1ccc(C=Cc2nc(-c3ccc(S(=O)(=O)N4CCCCC4)cc3)no2)cc1. The van der Waals surface area contributed by atoms with Crippen LogP contribution in [0.4, 0.5) is 0 Å². The topological polar surface area (TPSA) is 76.3 Å². The standard InChI is InChI=1S/C22H23N3O3S/c1-17-5-7-18(8-6-17)9-14-21-23-22(24-28-21)19-10-12-20(13-11-19)29(26,27)25-15-3-2-4-16-25/h5-14H,2-4,15-16H2,1H3. The quantitative estimate of drug-likeness (QED) is 0.625. The van der Waals surface area contributed by atoms with Crippen LogP contribution in [0.2, 0.25) is 0 Å². The molecule has 0 spiro atoms. The number of hydrogen-bond donors (Lipinski definition) is 0. The van der Waals surface area contributed by atoms with Gasteiger partial charge in [0, 0.05) is 24.7 Å². The zero-order valence-electron chi connectivity index (χ0n) is 16.3. The van der Waals surface area contributed by atoms with Crippen LogP contribution in [0.15, 0.2) is 57.9 Å². The normalized spacial score (nSPS) is 15.8. The van der Waals surface area contributed by atoms with Crippen LogP contribution < -0.4 is 0 Å². The third kappa shape index (κ3) is 4.46. The Morgan fingerprint density at radius 1 is 0.931 bits per heavy atom. The van der Waals surface area contributed by atoms with Gasteiger partial charge in [-0.25, -0.2) is 8.42 Å². The molecule has 7 heteroatoms. The van der Waals surface area contributed by atoms with Crippen molar-refractivity contribution in [2.24, 2.45) is 0 Å². The predicted octanol–water partition coefficient (Wildman–Crippen LogP) is 4.39. The smallest absolute Gasteiger partial charge is 0.250 e. The summed E-state index contributed by atoms with van der Waals surface area (Å²) in [5.41, 5.74) is 2.96. The molecule has 1 fully saturated rings. The average Bonchev–Trinajstić information content (AvgIpc) is 3.23. The zero-order valence-corrected chi connectivity index (χ0v) is 17.1. The van der Waals surface area contributed by atoms with Gasteiger partial charge in [0.25, 0.3) is 5.89 Å². The first kappa shape index (κ1) is 19.5. The molecule has 0 radical (unpaired) electrons. The Labute approximate surface area is 170 Å². The lowest BCUT2D eigenvalue weighted by atomic mass is 10.1.